The quantitative estimate of drug-likeness (QED) is 0.435. The number of sulfone groups is 1. The molecule has 3 aliphatic carbocycles. The lowest BCUT2D eigenvalue weighted by Gasteiger charge is -2.15. The maximum atomic E-state index is 13.4. The van der Waals surface area contributed by atoms with E-state index in [2.05, 4.69) is 10.3 Å². The minimum absolute atomic E-state index is 0.0643. The average molecular weight is 517 g/mol. The zero-order chi connectivity index (χ0) is 24.7. The molecule has 2 atom stereocenters. The number of hydrogen-bond acceptors (Lipinski definition) is 8. The molecule has 8 nitrogen and oxygen atoms in total. The summed E-state index contributed by atoms with van der Waals surface area (Å²) in [4.78, 5) is 29.8. The van der Waals surface area contributed by atoms with E-state index in [1.165, 1.54) is 0 Å². The third kappa shape index (κ3) is 5.25. The second-order valence-electron chi connectivity index (χ2n) is 9.62. The number of aromatic nitrogens is 1. The minimum atomic E-state index is -3.37. The fourth-order valence-electron chi connectivity index (χ4n) is 4.52. The van der Waals surface area contributed by atoms with Crippen LogP contribution < -0.4 is 5.32 Å². The van der Waals surface area contributed by atoms with Gasteiger partial charge in [0.25, 0.3) is 5.91 Å². The highest BCUT2D eigenvalue weighted by molar-refractivity contribution is 7.92. The number of thiazole rings is 1. The first-order valence-electron chi connectivity index (χ1n) is 11.9. The molecular weight excluding hydrogens is 488 g/mol. The molecule has 3 saturated carbocycles. The van der Waals surface area contributed by atoms with Crippen LogP contribution in [0.1, 0.15) is 73.8 Å². The Bertz CT molecular complexity index is 1290. The highest BCUT2D eigenvalue weighted by atomic mass is 32.2. The molecule has 35 heavy (non-hydrogen) atoms. The van der Waals surface area contributed by atoms with E-state index in [9.17, 15) is 23.1 Å². The Labute approximate surface area is 208 Å². The molecule has 1 aromatic heterocycles. The number of benzene rings is 1. The number of nitrogens with zero attached hydrogens (tertiary/aromatic N) is 1. The topological polar surface area (TPSA) is 134 Å². The van der Waals surface area contributed by atoms with Gasteiger partial charge in [0.15, 0.2) is 15.0 Å². The van der Waals surface area contributed by atoms with Gasteiger partial charge in [0, 0.05) is 23.8 Å². The highest BCUT2D eigenvalue weighted by Crippen LogP contribution is 2.46. The van der Waals surface area contributed by atoms with Gasteiger partial charge in [-0.25, -0.2) is 13.4 Å². The van der Waals surface area contributed by atoms with Gasteiger partial charge in [-0.05, 0) is 67.2 Å². The van der Waals surface area contributed by atoms with E-state index in [1.807, 2.05) is 12.1 Å². The number of ketones is 1. The maximum Gasteiger partial charge on any atom is 0.257 e. The van der Waals surface area contributed by atoms with E-state index in [0.717, 1.165) is 29.7 Å². The van der Waals surface area contributed by atoms with Crippen LogP contribution in [-0.4, -0.2) is 47.2 Å². The molecule has 1 heterocycles. The summed E-state index contributed by atoms with van der Waals surface area (Å²) < 4.78 is 26.0. The number of hydrogen-bond donors (Lipinski definition) is 3. The predicted molar refractivity (Wildman–Crippen MR) is 132 cm³/mol. The van der Waals surface area contributed by atoms with Crippen LogP contribution in [0, 0.1) is 5.92 Å². The van der Waals surface area contributed by atoms with E-state index in [4.69, 9.17) is 5.11 Å². The summed E-state index contributed by atoms with van der Waals surface area (Å²) in [7, 11) is -3.37. The SMILES string of the molecule is O=C1CC[C@H](C=C(C(=O)Nc2nc([C@H](O)CO)cs2)c2ccc(S(=O)(=O)C3CC3)c(C3CC3)c2)C1. The molecule has 0 unspecified atom stereocenters. The summed E-state index contributed by atoms with van der Waals surface area (Å²) in [5.74, 6) is -0.135. The van der Waals surface area contributed by atoms with Gasteiger partial charge in [-0.3, -0.25) is 14.9 Å². The average Bonchev–Trinajstić information content (AvgIpc) is 3.77. The number of allylic oxidation sites excluding steroid dienone is 1. The van der Waals surface area contributed by atoms with Gasteiger partial charge in [-0.1, -0.05) is 12.1 Å². The molecule has 0 spiro atoms. The van der Waals surface area contributed by atoms with E-state index in [-0.39, 0.29) is 33.7 Å². The second kappa shape index (κ2) is 9.57. The zero-order valence-electron chi connectivity index (χ0n) is 19.1. The van der Waals surface area contributed by atoms with E-state index < -0.39 is 28.5 Å². The fourth-order valence-corrected chi connectivity index (χ4v) is 7.20. The number of amides is 1. The van der Waals surface area contributed by atoms with Gasteiger partial charge >= 0.3 is 0 Å². The molecule has 0 saturated heterocycles. The Morgan fingerprint density at radius 1 is 1.23 bits per heavy atom. The lowest BCUT2D eigenvalue weighted by Crippen LogP contribution is -2.16. The smallest absolute Gasteiger partial charge is 0.257 e. The van der Waals surface area contributed by atoms with Crippen molar-refractivity contribution < 1.29 is 28.2 Å². The molecule has 3 fully saturated rings. The summed E-state index contributed by atoms with van der Waals surface area (Å²) in [6.45, 7) is -0.474. The molecule has 2 aromatic rings. The molecule has 186 valence electrons. The highest BCUT2D eigenvalue weighted by Gasteiger charge is 2.40. The molecule has 0 aliphatic heterocycles. The Balaban J connectivity index is 1.49. The van der Waals surface area contributed by atoms with Gasteiger partial charge in [0.2, 0.25) is 0 Å². The summed E-state index contributed by atoms with van der Waals surface area (Å²) in [6, 6.07) is 5.15. The standard InChI is InChI=1S/C25H28N2O6S2/c28-12-22(30)21-13-34-25(26-21)27-24(31)20(10-14-1-5-17(29)9-14)16-4-8-23(19(11-16)15-2-3-15)35(32,33)18-6-7-18/h4,8,10-11,13-15,18,22,28,30H,1-3,5-7,9,12H2,(H,26,27,31)/t14-,22+/m0/s1. The largest absolute Gasteiger partial charge is 0.393 e. The van der Waals surface area contributed by atoms with Crippen molar-refractivity contribution in [2.75, 3.05) is 11.9 Å². The van der Waals surface area contributed by atoms with Crippen molar-refractivity contribution in [3.8, 4) is 0 Å². The number of carbonyl (C=O) groups excluding carboxylic acids is 2. The maximum absolute atomic E-state index is 13.4. The van der Waals surface area contributed by atoms with Crippen LogP contribution in [0.5, 0.6) is 0 Å². The molecule has 1 aromatic carbocycles. The summed E-state index contributed by atoms with van der Waals surface area (Å²) in [5.41, 5.74) is 2.04. The van der Waals surface area contributed by atoms with Crippen molar-refractivity contribution in [3.63, 3.8) is 0 Å². The van der Waals surface area contributed by atoms with Crippen LogP contribution in [0.2, 0.25) is 0 Å². The second-order valence-corrected chi connectivity index (χ2v) is 12.7. The van der Waals surface area contributed by atoms with Crippen molar-refractivity contribution in [1.29, 1.82) is 0 Å². The summed E-state index contributed by atoms with van der Waals surface area (Å²) >= 11 is 1.14. The van der Waals surface area contributed by atoms with Gasteiger partial charge < -0.3 is 10.2 Å². The molecule has 0 radical (unpaired) electrons. The van der Waals surface area contributed by atoms with Gasteiger partial charge in [-0.2, -0.15) is 0 Å². The van der Waals surface area contributed by atoms with Crippen molar-refractivity contribution in [1.82, 2.24) is 4.98 Å². The number of rotatable bonds is 9. The fraction of sp³-hybridized carbons (Fsp3) is 0.480. The third-order valence-electron chi connectivity index (χ3n) is 6.80. The van der Waals surface area contributed by atoms with Crippen molar-refractivity contribution in [2.24, 2.45) is 5.92 Å². The van der Waals surface area contributed by atoms with Crippen LogP contribution in [-0.2, 0) is 19.4 Å². The number of anilines is 1. The predicted octanol–water partition coefficient (Wildman–Crippen LogP) is 3.37. The lowest BCUT2D eigenvalue weighted by molar-refractivity contribution is -0.117. The molecular formula is C25H28N2O6S2. The van der Waals surface area contributed by atoms with Crippen molar-refractivity contribution >= 4 is 43.6 Å². The molecule has 10 heteroatoms. The Kier molecular flexibility index (Phi) is 6.65. The van der Waals surface area contributed by atoms with Crippen molar-refractivity contribution in [2.45, 2.75) is 67.1 Å². The van der Waals surface area contributed by atoms with Crippen LogP contribution in [0.25, 0.3) is 5.57 Å². The monoisotopic (exact) mass is 516 g/mol. The van der Waals surface area contributed by atoms with Crippen LogP contribution in [0.15, 0.2) is 34.6 Å². The van der Waals surface area contributed by atoms with Gasteiger partial charge in [-0.15, -0.1) is 11.3 Å². The van der Waals surface area contributed by atoms with E-state index in [1.54, 1.807) is 17.5 Å². The number of aliphatic hydroxyl groups is 2. The Morgan fingerprint density at radius 3 is 2.63 bits per heavy atom. The molecule has 1 amide bonds. The minimum Gasteiger partial charge on any atom is -0.393 e. The number of carbonyl (C=O) groups is 2. The number of Topliss-reactive ketones (excluding diaryl/α,β-unsaturated/α-hetero) is 1. The van der Waals surface area contributed by atoms with Crippen molar-refractivity contribution in [3.05, 3.63) is 46.5 Å². The first-order chi connectivity index (χ1) is 16.8. The first-order valence-corrected chi connectivity index (χ1v) is 14.4. The van der Waals surface area contributed by atoms with Gasteiger partial charge in [0.1, 0.15) is 11.9 Å². The normalized spacial score (nSPS) is 21.8. The first kappa shape index (κ1) is 24.3. The van der Waals surface area contributed by atoms with Crippen LogP contribution in [0.3, 0.4) is 0 Å². The molecule has 3 aliphatic rings. The number of aliphatic hydroxyl groups excluding tert-OH is 2. The van der Waals surface area contributed by atoms with E-state index >= 15 is 0 Å². The lowest BCUT2D eigenvalue weighted by atomic mass is 9.96. The number of nitrogens with one attached hydrogen (secondary N) is 1. The molecule has 0 bridgehead atoms. The zero-order valence-corrected chi connectivity index (χ0v) is 20.8. The summed E-state index contributed by atoms with van der Waals surface area (Å²) in [6.07, 6.45) is 5.46. The molecule has 5 rings (SSSR count). The van der Waals surface area contributed by atoms with E-state index in [0.29, 0.717) is 48.1 Å². The Hall–Kier alpha value is -2.40. The molecule has 3 N–H and O–H groups in total. The summed E-state index contributed by atoms with van der Waals surface area (Å²) in [5, 5.41) is 23.2. The van der Waals surface area contributed by atoms with Gasteiger partial charge in [0.05, 0.1) is 22.4 Å². The Morgan fingerprint density at radius 2 is 2.00 bits per heavy atom. The van der Waals surface area contributed by atoms with Crippen LogP contribution in [0.4, 0.5) is 5.13 Å². The van der Waals surface area contributed by atoms with Crippen LogP contribution >= 0.6 is 11.3 Å². The third-order valence-corrected chi connectivity index (χ3v) is 9.91.